The summed E-state index contributed by atoms with van der Waals surface area (Å²) in [5, 5.41) is 2.50. The maximum absolute atomic E-state index is 11.4. The van der Waals surface area contributed by atoms with Crippen LogP contribution in [0, 0.1) is 0 Å². The van der Waals surface area contributed by atoms with Crippen molar-refractivity contribution in [3.8, 4) is 0 Å². The molecule has 0 spiro atoms. The zero-order valence-electron chi connectivity index (χ0n) is 13.7. The minimum atomic E-state index is -1.11. The molecule has 1 aliphatic rings. The summed E-state index contributed by atoms with van der Waals surface area (Å²) in [5.41, 5.74) is -1.09. The van der Waals surface area contributed by atoms with E-state index in [2.05, 4.69) is 5.32 Å². The molecule has 0 radical (unpaired) electrons. The molecule has 1 amide bonds. The van der Waals surface area contributed by atoms with E-state index in [4.69, 9.17) is 30.5 Å². The van der Waals surface area contributed by atoms with Crippen molar-refractivity contribution in [3.05, 3.63) is 0 Å². The number of rotatable bonds is 5. The van der Waals surface area contributed by atoms with Gasteiger partial charge in [0.25, 0.3) is 0 Å². The first-order valence-corrected chi connectivity index (χ1v) is 7.60. The third-order valence-corrected chi connectivity index (χ3v) is 3.43. The van der Waals surface area contributed by atoms with Crippen LogP contribution >= 0.6 is 11.6 Å². The molecule has 10 heteroatoms. The van der Waals surface area contributed by atoms with Crippen LogP contribution in [0.2, 0.25) is 0 Å². The number of hydrogen-bond acceptors (Lipinski definition) is 8. The van der Waals surface area contributed by atoms with Crippen molar-refractivity contribution in [2.24, 2.45) is 0 Å². The lowest BCUT2D eigenvalue weighted by molar-refractivity contribution is -0.212. The number of ether oxygens (including phenoxy) is 4. The number of esters is 3. The predicted molar refractivity (Wildman–Crippen MR) is 79.9 cm³/mol. The smallest absolute Gasteiger partial charge is 0.303 e. The molecule has 0 aromatic heterocycles. The Morgan fingerprint density at radius 1 is 0.958 bits per heavy atom. The average Bonchev–Trinajstić information content (AvgIpc) is 2.42. The van der Waals surface area contributed by atoms with E-state index < -0.39 is 53.7 Å². The highest BCUT2D eigenvalue weighted by atomic mass is 35.5. The molecule has 1 rings (SSSR count). The minimum absolute atomic E-state index is 0.263. The summed E-state index contributed by atoms with van der Waals surface area (Å²) in [5.74, 6) is -2.33. The molecule has 5 atom stereocenters. The van der Waals surface area contributed by atoms with Crippen LogP contribution < -0.4 is 5.32 Å². The van der Waals surface area contributed by atoms with E-state index >= 15 is 0 Å². The van der Waals surface area contributed by atoms with Gasteiger partial charge in [0.2, 0.25) is 5.91 Å². The molecule has 24 heavy (non-hydrogen) atoms. The van der Waals surface area contributed by atoms with Gasteiger partial charge >= 0.3 is 17.9 Å². The maximum atomic E-state index is 11.4. The minimum Gasteiger partial charge on any atom is -0.463 e. The van der Waals surface area contributed by atoms with Gasteiger partial charge in [0.1, 0.15) is 18.8 Å². The standard InChI is InChI=1S/C14H20ClNO8/c1-6(17)16-11-13(23-9(4)20)12(22-8(3)19)10(24-14(11)15)5-21-7(2)18/h10-14H,5H2,1-4H3,(H,16,17)/t10-,11+,12-,13-,14-/m1/s1. The summed E-state index contributed by atoms with van der Waals surface area (Å²) >= 11 is 6.11. The first kappa shape index (κ1) is 20.2. The second-order valence-corrected chi connectivity index (χ2v) is 5.63. The van der Waals surface area contributed by atoms with Gasteiger partial charge in [-0.25, -0.2) is 0 Å². The third kappa shape index (κ3) is 5.97. The SMILES string of the molecule is CC(=O)N[C@H]1[C@@H](OC(C)=O)[C@H](OC(C)=O)[C@@H](COC(C)=O)O[C@H]1Cl. The third-order valence-electron chi connectivity index (χ3n) is 3.06. The van der Waals surface area contributed by atoms with E-state index in [0.29, 0.717) is 0 Å². The topological polar surface area (TPSA) is 117 Å². The van der Waals surface area contributed by atoms with Gasteiger partial charge < -0.3 is 24.3 Å². The quantitative estimate of drug-likeness (QED) is 0.407. The van der Waals surface area contributed by atoms with Gasteiger partial charge in [0.15, 0.2) is 17.8 Å². The second kappa shape index (κ2) is 8.84. The van der Waals surface area contributed by atoms with Crippen molar-refractivity contribution >= 4 is 35.4 Å². The molecule has 0 aromatic rings. The summed E-state index contributed by atoms with van der Waals surface area (Å²) in [4.78, 5) is 45.2. The Labute approximate surface area is 143 Å². The van der Waals surface area contributed by atoms with Gasteiger partial charge in [-0.1, -0.05) is 11.6 Å². The van der Waals surface area contributed by atoms with E-state index in [0.717, 1.165) is 13.8 Å². The number of carbonyl (C=O) groups is 4. The molecule has 9 nitrogen and oxygen atoms in total. The van der Waals surface area contributed by atoms with Crippen LogP contribution in [-0.2, 0) is 38.1 Å². The lowest BCUT2D eigenvalue weighted by Gasteiger charge is -2.43. The molecular weight excluding hydrogens is 346 g/mol. The van der Waals surface area contributed by atoms with Crippen LogP contribution in [0.4, 0.5) is 0 Å². The summed E-state index contributed by atoms with van der Waals surface area (Å²) in [6.45, 7) is 4.51. The zero-order valence-corrected chi connectivity index (χ0v) is 14.5. The van der Waals surface area contributed by atoms with Gasteiger partial charge in [-0.05, 0) is 0 Å². The fourth-order valence-electron chi connectivity index (χ4n) is 2.28. The largest absolute Gasteiger partial charge is 0.463 e. The number of amides is 1. The first-order valence-electron chi connectivity index (χ1n) is 7.16. The van der Waals surface area contributed by atoms with E-state index in [1.165, 1.54) is 13.8 Å². The fourth-order valence-corrected chi connectivity index (χ4v) is 2.62. The fraction of sp³-hybridized carbons (Fsp3) is 0.714. The molecule has 1 heterocycles. The Hall–Kier alpha value is -1.87. The van der Waals surface area contributed by atoms with Crippen LogP contribution in [-0.4, -0.2) is 60.3 Å². The second-order valence-electron chi connectivity index (χ2n) is 5.20. The number of carbonyl (C=O) groups excluding carboxylic acids is 4. The van der Waals surface area contributed by atoms with Crippen molar-refractivity contribution in [2.75, 3.05) is 6.61 Å². The van der Waals surface area contributed by atoms with Crippen molar-refractivity contribution < 1.29 is 38.1 Å². The van der Waals surface area contributed by atoms with Gasteiger partial charge in [0, 0.05) is 27.7 Å². The van der Waals surface area contributed by atoms with Crippen molar-refractivity contribution in [3.63, 3.8) is 0 Å². The summed E-state index contributed by atoms with van der Waals surface area (Å²) < 4.78 is 20.7. The molecule has 0 bridgehead atoms. The number of halogens is 1. The molecule has 0 unspecified atom stereocenters. The highest BCUT2D eigenvalue weighted by Crippen LogP contribution is 2.28. The molecular formula is C14H20ClNO8. The molecule has 1 saturated heterocycles. The summed E-state index contributed by atoms with van der Waals surface area (Å²) in [6, 6.07) is -0.953. The molecule has 1 fully saturated rings. The van der Waals surface area contributed by atoms with E-state index in [1.54, 1.807) is 0 Å². The van der Waals surface area contributed by atoms with Gasteiger partial charge in [0.05, 0.1) is 0 Å². The summed E-state index contributed by atoms with van der Waals surface area (Å²) in [6.07, 6.45) is -3.18. The Morgan fingerprint density at radius 3 is 1.96 bits per heavy atom. The number of hydrogen-bond donors (Lipinski definition) is 1. The summed E-state index contributed by atoms with van der Waals surface area (Å²) in [7, 11) is 0. The number of nitrogens with one attached hydrogen (secondary N) is 1. The monoisotopic (exact) mass is 365 g/mol. The molecule has 0 aliphatic carbocycles. The number of alkyl halides is 1. The van der Waals surface area contributed by atoms with E-state index in [9.17, 15) is 19.2 Å². The normalized spacial score (nSPS) is 29.3. The Morgan fingerprint density at radius 2 is 1.50 bits per heavy atom. The van der Waals surface area contributed by atoms with Crippen molar-refractivity contribution in [1.29, 1.82) is 0 Å². The lowest BCUT2D eigenvalue weighted by atomic mass is 9.97. The highest BCUT2D eigenvalue weighted by molar-refractivity contribution is 6.20. The Kier molecular flexibility index (Phi) is 7.43. The van der Waals surface area contributed by atoms with Crippen LogP contribution in [0.3, 0.4) is 0 Å². The molecule has 1 aliphatic heterocycles. The van der Waals surface area contributed by atoms with E-state index in [1.807, 2.05) is 0 Å². The molecule has 136 valence electrons. The zero-order chi connectivity index (χ0) is 18.4. The molecule has 1 N–H and O–H groups in total. The maximum Gasteiger partial charge on any atom is 0.303 e. The highest BCUT2D eigenvalue weighted by Gasteiger charge is 2.50. The Balaban J connectivity index is 3.11. The average molecular weight is 366 g/mol. The molecule has 0 aromatic carbocycles. The van der Waals surface area contributed by atoms with Crippen LogP contribution in [0.25, 0.3) is 0 Å². The predicted octanol–water partition coefficient (Wildman–Crippen LogP) is -0.119. The lowest BCUT2D eigenvalue weighted by Crippen LogP contribution is -2.64. The first-order chi connectivity index (χ1) is 11.1. The van der Waals surface area contributed by atoms with Gasteiger partial charge in [-0.15, -0.1) is 0 Å². The molecule has 0 saturated carbocycles. The van der Waals surface area contributed by atoms with Gasteiger partial charge in [-0.3, -0.25) is 19.2 Å². The van der Waals surface area contributed by atoms with Crippen LogP contribution in [0.1, 0.15) is 27.7 Å². The van der Waals surface area contributed by atoms with Crippen LogP contribution in [0.15, 0.2) is 0 Å². The van der Waals surface area contributed by atoms with Crippen LogP contribution in [0.5, 0.6) is 0 Å². The van der Waals surface area contributed by atoms with E-state index in [-0.39, 0.29) is 6.61 Å². The van der Waals surface area contributed by atoms with Crippen molar-refractivity contribution in [2.45, 2.75) is 57.6 Å². The van der Waals surface area contributed by atoms with Gasteiger partial charge in [-0.2, -0.15) is 0 Å². The Bertz CT molecular complexity index is 511. The van der Waals surface area contributed by atoms with Crippen molar-refractivity contribution in [1.82, 2.24) is 5.32 Å².